The summed E-state index contributed by atoms with van der Waals surface area (Å²) in [5.41, 5.74) is 0. The summed E-state index contributed by atoms with van der Waals surface area (Å²) in [4.78, 5) is 11.7. The van der Waals surface area contributed by atoms with Crippen molar-refractivity contribution in [1.82, 2.24) is 5.32 Å². The lowest BCUT2D eigenvalue weighted by atomic mass is 10.3. The summed E-state index contributed by atoms with van der Waals surface area (Å²) in [5, 5.41) is 2.76. The van der Waals surface area contributed by atoms with E-state index in [1.54, 1.807) is 12.1 Å². The minimum absolute atomic E-state index is 0.0615. The second-order valence-electron chi connectivity index (χ2n) is 5.04. The number of carbonyl (C=O) groups excluding carboxylic acids is 1. The van der Waals surface area contributed by atoms with E-state index in [1.165, 1.54) is 12.1 Å². The van der Waals surface area contributed by atoms with Crippen molar-refractivity contribution < 1.29 is 18.7 Å². The van der Waals surface area contributed by atoms with Crippen LogP contribution in [0.25, 0.3) is 0 Å². The van der Waals surface area contributed by atoms with Crippen LogP contribution in [0.5, 0.6) is 11.5 Å². The van der Waals surface area contributed by atoms with Crippen LogP contribution in [0.15, 0.2) is 53.0 Å². The first-order valence-electron chi connectivity index (χ1n) is 7.67. The molecule has 0 bridgehead atoms. The molecule has 2 rings (SSSR count). The number of hydrogen-bond donors (Lipinski definition) is 1. The Morgan fingerprint density at radius 1 is 1.08 bits per heavy atom. The van der Waals surface area contributed by atoms with E-state index in [-0.39, 0.29) is 11.7 Å². The van der Waals surface area contributed by atoms with Crippen LogP contribution in [0.2, 0.25) is 0 Å². The Morgan fingerprint density at radius 3 is 2.71 bits per heavy atom. The van der Waals surface area contributed by atoms with Crippen molar-refractivity contribution >= 4 is 21.8 Å². The van der Waals surface area contributed by atoms with Gasteiger partial charge in [0, 0.05) is 12.5 Å². The van der Waals surface area contributed by atoms with Crippen molar-refractivity contribution in [2.75, 3.05) is 19.8 Å². The molecule has 0 atom stereocenters. The predicted octanol–water partition coefficient (Wildman–Crippen LogP) is 3.94. The molecule has 0 aliphatic rings. The van der Waals surface area contributed by atoms with Gasteiger partial charge in [-0.25, -0.2) is 4.39 Å². The third-order valence-electron chi connectivity index (χ3n) is 3.13. The van der Waals surface area contributed by atoms with Gasteiger partial charge in [-0.1, -0.05) is 18.2 Å². The zero-order chi connectivity index (χ0) is 17.2. The molecule has 128 valence electrons. The summed E-state index contributed by atoms with van der Waals surface area (Å²) >= 11 is 3.40. The first kappa shape index (κ1) is 18.3. The van der Waals surface area contributed by atoms with Crippen LogP contribution in [0, 0.1) is 5.82 Å². The lowest BCUT2D eigenvalue weighted by Crippen LogP contribution is -2.28. The Kier molecular flexibility index (Phi) is 7.55. The van der Waals surface area contributed by atoms with Gasteiger partial charge in [0.15, 0.2) is 0 Å². The second kappa shape index (κ2) is 9.93. The number of carbonyl (C=O) groups is 1. The van der Waals surface area contributed by atoms with E-state index in [0.29, 0.717) is 38.3 Å². The van der Waals surface area contributed by atoms with E-state index in [9.17, 15) is 9.18 Å². The van der Waals surface area contributed by atoms with Crippen molar-refractivity contribution in [2.45, 2.75) is 12.8 Å². The molecule has 1 N–H and O–H groups in total. The number of rotatable bonds is 9. The number of benzene rings is 2. The van der Waals surface area contributed by atoms with Gasteiger partial charge in [0.1, 0.15) is 23.9 Å². The van der Waals surface area contributed by atoms with Crippen LogP contribution in [0.3, 0.4) is 0 Å². The molecule has 2 aromatic rings. The van der Waals surface area contributed by atoms with Gasteiger partial charge < -0.3 is 14.8 Å². The molecule has 0 heterocycles. The lowest BCUT2D eigenvalue weighted by Gasteiger charge is -2.09. The number of ether oxygens (including phenoxy) is 2. The van der Waals surface area contributed by atoms with Crippen LogP contribution in [0.1, 0.15) is 12.8 Å². The monoisotopic (exact) mass is 395 g/mol. The zero-order valence-electron chi connectivity index (χ0n) is 13.1. The maximum Gasteiger partial charge on any atom is 0.220 e. The highest BCUT2D eigenvalue weighted by atomic mass is 79.9. The van der Waals surface area contributed by atoms with E-state index in [2.05, 4.69) is 21.2 Å². The molecule has 2 aromatic carbocycles. The Hall–Kier alpha value is -2.08. The van der Waals surface area contributed by atoms with Crippen LogP contribution in [-0.2, 0) is 4.79 Å². The molecule has 0 radical (unpaired) electrons. The molecular formula is C18H19BrFNO3. The lowest BCUT2D eigenvalue weighted by molar-refractivity contribution is -0.121. The van der Waals surface area contributed by atoms with Gasteiger partial charge in [-0.3, -0.25) is 4.79 Å². The summed E-state index contributed by atoms with van der Waals surface area (Å²) in [6.45, 7) is 1.14. The third-order valence-corrected chi connectivity index (χ3v) is 3.79. The highest BCUT2D eigenvalue weighted by Gasteiger charge is 2.03. The van der Waals surface area contributed by atoms with Gasteiger partial charge in [-0.05, 0) is 46.6 Å². The number of hydrogen-bond acceptors (Lipinski definition) is 3. The predicted molar refractivity (Wildman–Crippen MR) is 93.8 cm³/mol. The molecule has 24 heavy (non-hydrogen) atoms. The first-order chi connectivity index (χ1) is 11.6. The highest BCUT2D eigenvalue weighted by Crippen LogP contribution is 2.23. The second-order valence-corrected chi connectivity index (χ2v) is 5.89. The minimum Gasteiger partial charge on any atom is -0.492 e. The van der Waals surface area contributed by atoms with Crippen LogP contribution < -0.4 is 14.8 Å². The SMILES string of the molecule is O=C(CCCOc1ccccc1Br)NCCOc1cccc(F)c1. The number of para-hydroxylation sites is 1. The van der Waals surface area contributed by atoms with Crippen molar-refractivity contribution in [2.24, 2.45) is 0 Å². The molecule has 0 saturated heterocycles. The van der Waals surface area contributed by atoms with Crippen molar-refractivity contribution in [3.05, 3.63) is 58.8 Å². The van der Waals surface area contributed by atoms with E-state index in [4.69, 9.17) is 9.47 Å². The van der Waals surface area contributed by atoms with E-state index in [0.717, 1.165) is 10.2 Å². The van der Waals surface area contributed by atoms with Gasteiger partial charge >= 0.3 is 0 Å². The molecule has 0 fully saturated rings. The molecular weight excluding hydrogens is 377 g/mol. The number of nitrogens with one attached hydrogen (secondary N) is 1. The fourth-order valence-electron chi connectivity index (χ4n) is 1.98. The van der Waals surface area contributed by atoms with E-state index < -0.39 is 0 Å². The van der Waals surface area contributed by atoms with Crippen molar-refractivity contribution in [1.29, 1.82) is 0 Å². The molecule has 0 saturated carbocycles. The molecule has 4 nitrogen and oxygen atoms in total. The van der Waals surface area contributed by atoms with Gasteiger partial charge in [0.05, 0.1) is 17.6 Å². The number of halogens is 2. The van der Waals surface area contributed by atoms with Crippen LogP contribution in [-0.4, -0.2) is 25.7 Å². The Morgan fingerprint density at radius 2 is 1.92 bits per heavy atom. The topological polar surface area (TPSA) is 47.6 Å². The Bertz CT molecular complexity index is 666. The number of amides is 1. The van der Waals surface area contributed by atoms with Crippen molar-refractivity contribution in [3.63, 3.8) is 0 Å². The highest BCUT2D eigenvalue weighted by molar-refractivity contribution is 9.10. The Balaban J connectivity index is 1.54. The van der Waals surface area contributed by atoms with E-state index in [1.807, 2.05) is 24.3 Å². The van der Waals surface area contributed by atoms with Crippen molar-refractivity contribution in [3.8, 4) is 11.5 Å². The third kappa shape index (κ3) is 6.58. The van der Waals surface area contributed by atoms with Gasteiger partial charge in [-0.2, -0.15) is 0 Å². The molecule has 0 aromatic heterocycles. The molecule has 6 heteroatoms. The average Bonchev–Trinajstić information content (AvgIpc) is 2.57. The molecule has 0 unspecified atom stereocenters. The summed E-state index contributed by atoms with van der Waals surface area (Å²) in [6, 6.07) is 13.5. The smallest absolute Gasteiger partial charge is 0.220 e. The van der Waals surface area contributed by atoms with Gasteiger partial charge in [0.25, 0.3) is 0 Å². The minimum atomic E-state index is -0.346. The largest absolute Gasteiger partial charge is 0.492 e. The van der Waals surface area contributed by atoms with Gasteiger partial charge in [0.2, 0.25) is 5.91 Å². The van der Waals surface area contributed by atoms with Crippen LogP contribution >= 0.6 is 15.9 Å². The first-order valence-corrected chi connectivity index (χ1v) is 8.47. The Labute approximate surface area is 149 Å². The standard InChI is InChI=1S/C18H19BrFNO3/c19-16-7-1-2-8-17(16)24-11-4-9-18(22)21-10-12-23-15-6-3-5-14(20)13-15/h1-3,5-8,13H,4,9-12H2,(H,21,22). The summed E-state index contributed by atoms with van der Waals surface area (Å²) in [5.74, 6) is 0.808. The zero-order valence-corrected chi connectivity index (χ0v) is 14.7. The maximum absolute atomic E-state index is 13.0. The van der Waals surface area contributed by atoms with Gasteiger partial charge in [-0.15, -0.1) is 0 Å². The fraction of sp³-hybridized carbons (Fsp3) is 0.278. The quantitative estimate of drug-likeness (QED) is 0.654. The maximum atomic E-state index is 13.0. The molecule has 0 spiro atoms. The normalized spacial score (nSPS) is 10.2. The summed E-state index contributed by atoms with van der Waals surface area (Å²) < 4.78 is 24.8. The molecule has 1 amide bonds. The average molecular weight is 396 g/mol. The molecule has 0 aliphatic carbocycles. The molecule has 0 aliphatic heterocycles. The van der Waals surface area contributed by atoms with Crippen LogP contribution in [0.4, 0.5) is 4.39 Å². The summed E-state index contributed by atoms with van der Waals surface area (Å²) in [6.07, 6.45) is 1.00. The fourth-order valence-corrected chi connectivity index (χ4v) is 2.38. The summed E-state index contributed by atoms with van der Waals surface area (Å²) in [7, 11) is 0. The van der Waals surface area contributed by atoms with E-state index >= 15 is 0 Å².